The first kappa shape index (κ1) is 10.2. The van der Waals surface area contributed by atoms with E-state index in [9.17, 15) is 4.79 Å². The smallest absolute Gasteiger partial charge is 0.339 e. The predicted molar refractivity (Wildman–Crippen MR) is 54.1 cm³/mol. The first-order valence-corrected chi connectivity index (χ1v) is 5.09. The maximum atomic E-state index is 11.2. The normalized spacial score (nSPS) is 23.9. The van der Waals surface area contributed by atoms with Crippen LogP contribution in [0.2, 0.25) is 0 Å². The Labute approximate surface area is 87.8 Å². The zero-order valence-corrected chi connectivity index (χ0v) is 8.86. The highest BCUT2D eigenvalue weighted by molar-refractivity contribution is 5.23. The van der Waals surface area contributed by atoms with E-state index in [1.807, 2.05) is 0 Å². The summed E-state index contributed by atoms with van der Waals surface area (Å²) in [7, 11) is 1.52. The van der Waals surface area contributed by atoms with Crippen molar-refractivity contribution < 1.29 is 13.9 Å². The van der Waals surface area contributed by atoms with Gasteiger partial charge in [0.1, 0.15) is 17.6 Å². The lowest BCUT2D eigenvalue weighted by atomic mass is 10.1. The lowest BCUT2D eigenvalue weighted by Crippen LogP contribution is -2.01. The Hall–Kier alpha value is -1.29. The minimum Gasteiger partial charge on any atom is -0.496 e. The van der Waals surface area contributed by atoms with Gasteiger partial charge < -0.3 is 13.9 Å². The molecule has 15 heavy (non-hydrogen) atoms. The number of rotatable bonds is 4. The highest BCUT2D eigenvalue weighted by Crippen LogP contribution is 2.41. The maximum Gasteiger partial charge on any atom is 0.339 e. The minimum atomic E-state index is -0.393. The van der Waals surface area contributed by atoms with Crippen LogP contribution in [0.3, 0.4) is 0 Å². The highest BCUT2D eigenvalue weighted by Gasteiger charge is 2.41. The minimum absolute atomic E-state index is 0.0623. The van der Waals surface area contributed by atoms with Crippen LogP contribution < -0.4 is 10.4 Å². The first-order valence-electron chi connectivity index (χ1n) is 5.09. The fourth-order valence-corrected chi connectivity index (χ4v) is 1.63. The third-order valence-electron chi connectivity index (χ3n) is 2.43. The average Bonchev–Trinajstić information content (AvgIpc) is 2.97. The highest BCUT2D eigenvalue weighted by atomic mass is 16.6. The number of ether oxygens (including phenoxy) is 2. The van der Waals surface area contributed by atoms with Crippen molar-refractivity contribution in [2.45, 2.75) is 32.0 Å². The van der Waals surface area contributed by atoms with Gasteiger partial charge in [0.15, 0.2) is 0 Å². The third kappa shape index (κ3) is 2.21. The maximum absolute atomic E-state index is 11.2. The lowest BCUT2D eigenvalue weighted by molar-refractivity contribution is 0.328. The van der Waals surface area contributed by atoms with Crippen LogP contribution in [0.5, 0.6) is 5.75 Å². The van der Waals surface area contributed by atoms with Crippen LogP contribution in [0.4, 0.5) is 0 Å². The molecule has 0 bridgehead atoms. The van der Waals surface area contributed by atoms with E-state index in [1.54, 1.807) is 6.07 Å². The van der Waals surface area contributed by atoms with E-state index in [0.717, 1.165) is 12.8 Å². The van der Waals surface area contributed by atoms with Crippen LogP contribution in [0.1, 0.15) is 31.6 Å². The van der Waals surface area contributed by atoms with Gasteiger partial charge in [0.2, 0.25) is 0 Å². The molecule has 2 unspecified atom stereocenters. The van der Waals surface area contributed by atoms with Crippen LogP contribution in [0, 0.1) is 0 Å². The zero-order valence-electron chi connectivity index (χ0n) is 8.86. The van der Waals surface area contributed by atoms with E-state index in [4.69, 9.17) is 13.9 Å². The van der Waals surface area contributed by atoms with Crippen LogP contribution in [0.25, 0.3) is 0 Å². The molecule has 82 valence electrons. The Morgan fingerprint density at radius 2 is 2.27 bits per heavy atom. The molecule has 4 nitrogen and oxygen atoms in total. The number of epoxide rings is 1. The van der Waals surface area contributed by atoms with Crippen LogP contribution in [-0.2, 0) is 4.74 Å². The summed E-state index contributed by atoms with van der Waals surface area (Å²) < 4.78 is 15.5. The SMILES string of the molecule is CCCC1OC1c1cc(OC)cc(=O)o1. The van der Waals surface area contributed by atoms with Gasteiger partial charge in [-0.25, -0.2) is 4.79 Å². The van der Waals surface area contributed by atoms with Crippen LogP contribution in [0.15, 0.2) is 21.3 Å². The second-order valence-electron chi connectivity index (χ2n) is 3.60. The average molecular weight is 210 g/mol. The van der Waals surface area contributed by atoms with Gasteiger partial charge in [0, 0.05) is 6.07 Å². The van der Waals surface area contributed by atoms with E-state index < -0.39 is 5.63 Å². The summed E-state index contributed by atoms with van der Waals surface area (Å²) in [5.74, 6) is 1.09. The van der Waals surface area contributed by atoms with Crippen LogP contribution >= 0.6 is 0 Å². The van der Waals surface area contributed by atoms with E-state index >= 15 is 0 Å². The molecule has 0 aliphatic carbocycles. The zero-order chi connectivity index (χ0) is 10.8. The molecular weight excluding hydrogens is 196 g/mol. The Morgan fingerprint density at radius 1 is 1.47 bits per heavy atom. The predicted octanol–water partition coefficient (Wildman–Crippen LogP) is 1.89. The lowest BCUT2D eigenvalue weighted by Gasteiger charge is -1.99. The number of methoxy groups -OCH3 is 1. The molecule has 1 fully saturated rings. The van der Waals surface area contributed by atoms with Crippen molar-refractivity contribution >= 4 is 0 Å². The Morgan fingerprint density at radius 3 is 2.93 bits per heavy atom. The Balaban J connectivity index is 2.16. The van der Waals surface area contributed by atoms with E-state index in [2.05, 4.69) is 6.92 Å². The third-order valence-corrected chi connectivity index (χ3v) is 2.43. The van der Waals surface area contributed by atoms with Gasteiger partial charge in [-0.05, 0) is 6.42 Å². The van der Waals surface area contributed by atoms with Gasteiger partial charge in [0.25, 0.3) is 0 Å². The van der Waals surface area contributed by atoms with E-state index in [0.29, 0.717) is 11.5 Å². The van der Waals surface area contributed by atoms with Crippen molar-refractivity contribution in [2.75, 3.05) is 7.11 Å². The van der Waals surface area contributed by atoms with Gasteiger partial charge in [-0.3, -0.25) is 0 Å². The molecule has 1 aromatic rings. The fraction of sp³-hybridized carbons (Fsp3) is 0.545. The van der Waals surface area contributed by atoms with Crippen LogP contribution in [-0.4, -0.2) is 13.2 Å². The Bertz CT molecular complexity index is 396. The molecule has 0 saturated carbocycles. The van der Waals surface area contributed by atoms with Gasteiger partial charge >= 0.3 is 5.63 Å². The summed E-state index contributed by atoms with van der Waals surface area (Å²) in [6, 6.07) is 3.03. The molecule has 4 heteroatoms. The molecule has 1 aliphatic rings. The molecule has 1 saturated heterocycles. The second-order valence-corrected chi connectivity index (χ2v) is 3.60. The summed E-state index contributed by atoms with van der Waals surface area (Å²) in [5.41, 5.74) is -0.393. The molecule has 2 atom stereocenters. The van der Waals surface area contributed by atoms with E-state index in [1.165, 1.54) is 13.2 Å². The molecule has 0 spiro atoms. The van der Waals surface area contributed by atoms with Crippen molar-refractivity contribution in [1.82, 2.24) is 0 Å². The van der Waals surface area contributed by atoms with Crippen molar-refractivity contribution in [2.24, 2.45) is 0 Å². The van der Waals surface area contributed by atoms with Crippen molar-refractivity contribution in [3.8, 4) is 5.75 Å². The molecule has 1 aliphatic heterocycles. The van der Waals surface area contributed by atoms with Gasteiger partial charge in [-0.2, -0.15) is 0 Å². The molecule has 1 aromatic heterocycles. The van der Waals surface area contributed by atoms with E-state index in [-0.39, 0.29) is 12.2 Å². The molecule has 0 amide bonds. The fourth-order valence-electron chi connectivity index (χ4n) is 1.63. The monoisotopic (exact) mass is 210 g/mol. The molecule has 0 radical (unpaired) electrons. The molecule has 2 heterocycles. The molecule has 2 rings (SSSR count). The summed E-state index contributed by atoms with van der Waals surface area (Å²) in [4.78, 5) is 11.2. The largest absolute Gasteiger partial charge is 0.496 e. The number of hydrogen-bond donors (Lipinski definition) is 0. The standard InChI is InChI=1S/C11H14O4/c1-3-4-8-11(15-8)9-5-7(13-2)6-10(12)14-9/h5-6,8,11H,3-4H2,1-2H3. The van der Waals surface area contributed by atoms with Gasteiger partial charge in [0.05, 0.1) is 19.3 Å². The Kier molecular flexibility index (Phi) is 2.77. The second kappa shape index (κ2) is 4.06. The molecular formula is C11H14O4. The first-order chi connectivity index (χ1) is 7.24. The van der Waals surface area contributed by atoms with Gasteiger partial charge in [-0.1, -0.05) is 13.3 Å². The molecule has 0 N–H and O–H groups in total. The van der Waals surface area contributed by atoms with Crippen molar-refractivity contribution in [1.29, 1.82) is 0 Å². The summed E-state index contributed by atoms with van der Waals surface area (Å²) in [5, 5.41) is 0. The topological polar surface area (TPSA) is 52.0 Å². The summed E-state index contributed by atoms with van der Waals surface area (Å²) in [6.45, 7) is 2.10. The number of hydrogen-bond acceptors (Lipinski definition) is 4. The summed E-state index contributed by atoms with van der Waals surface area (Å²) in [6.07, 6.45) is 2.19. The summed E-state index contributed by atoms with van der Waals surface area (Å²) >= 11 is 0. The molecule has 0 aromatic carbocycles. The van der Waals surface area contributed by atoms with Crippen molar-refractivity contribution in [3.05, 3.63) is 28.3 Å². The van der Waals surface area contributed by atoms with Crippen molar-refractivity contribution in [3.63, 3.8) is 0 Å². The quantitative estimate of drug-likeness (QED) is 0.712. The van der Waals surface area contributed by atoms with Gasteiger partial charge in [-0.15, -0.1) is 0 Å².